The predicted octanol–water partition coefficient (Wildman–Crippen LogP) is 2.39. The topological polar surface area (TPSA) is 91.4 Å². The van der Waals surface area contributed by atoms with Crippen LogP contribution in [-0.4, -0.2) is 29.7 Å². The Morgan fingerprint density at radius 2 is 1.85 bits per heavy atom. The second-order valence-corrected chi connectivity index (χ2v) is 5.89. The van der Waals surface area contributed by atoms with Gasteiger partial charge in [-0.25, -0.2) is 0 Å². The van der Waals surface area contributed by atoms with Crippen LogP contribution < -0.4 is 15.6 Å². The molecule has 1 aromatic heterocycles. The molecule has 0 saturated heterocycles. The summed E-state index contributed by atoms with van der Waals surface area (Å²) in [5.41, 5.74) is 1.01. The number of aromatic nitrogens is 1. The maximum absolute atomic E-state index is 12.8. The number of rotatable bonds is 6. The molecule has 0 spiro atoms. The number of carbonyl (C=O) groups excluding carboxylic acids is 1. The third-order valence-corrected chi connectivity index (χ3v) is 4.30. The number of hydrogen-bond acceptors (Lipinski definition) is 4. The van der Waals surface area contributed by atoms with Gasteiger partial charge in [0.15, 0.2) is 0 Å². The van der Waals surface area contributed by atoms with E-state index in [0.717, 1.165) is 11.3 Å². The molecule has 0 bridgehead atoms. The normalized spacial score (nSPS) is 11.9. The minimum Gasteiger partial charge on any atom is -0.497 e. The van der Waals surface area contributed by atoms with Gasteiger partial charge in [-0.05, 0) is 30.2 Å². The van der Waals surface area contributed by atoms with Crippen molar-refractivity contribution in [3.8, 4) is 5.75 Å². The van der Waals surface area contributed by atoms with Gasteiger partial charge in [0.1, 0.15) is 5.75 Å². The fourth-order valence-corrected chi connectivity index (χ4v) is 2.92. The minimum atomic E-state index is -0.357. The first-order chi connectivity index (χ1) is 12.6. The summed E-state index contributed by atoms with van der Waals surface area (Å²) >= 11 is 0. The number of pyridine rings is 1. The molecule has 0 radical (unpaired) electrons. The van der Waals surface area contributed by atoms with E-state index in [-0.39, 0.29) is 24.1 Å². The number of aliphatic hydroxyl groups is 1. The van der Waals surface area contributed by atoms with Gasteiger partial charge in [0.2, 0.25) is 0 Å². The van der Waals surface area contributed by atoms with Crippen LogP contribution in [0.15, 0.2) is 59.5 Å². The Kier molecular flexibility index (Phi) is 5.34. The van der Waals surface area contributed by atoms with Crippen LogP contribution in [0.4, 0.5) is 0 Å². The second-order valence-electron chi connectivity index (χ2n) is 5.89. The minimum absolute atomic E-state index is 0.0661. The average molecular weight is 352 g/mol. The van der Waals surface area contributed by atoms with Gasteiger partial charge in [0.25, 0.3) is 11.5 Å². The van der Waals surface area contributed by atoms with Crippen LogP contribution in [0.25, 0.3) is 10.8 Å². The second kappa shape index (κ2) is 7.84. The summed E-state index contributed by atoms with van der Waals surface area (Å²) in [6, 6.07) is 13.9. The molecule has 134 valence electrons. The van der Waals surface area contributed by atoms with Gasteiger partial charge in [-0.1, -0.05) is 30.3 Å². The maximum Gasteiger partial charge on any atom is 0.255 e. The molecule has 6 nitrogen and oxygen atoms in total. The van der Waals surface area contributed by atoms with Gasteiger partial charge in [-0.15, -0.1) is 0 Å². The summed E-state index contributed by atoms with van der Waals surface area (Å²) in [5.74, 6) is 0.404. The van der Waals surface area contributed by atoms with E-state index in [1.807, 2.05) is 12.1 Å². The van der Waals surface area contributed by atoms with Crippen LogP contribution in [0.1, 0.15) is 28.4 Å². The zero-order valence-corrected chi connectivity index (χ0v) is 14.4. The number of benzene rings is 2. The molecule has 6 heteroatoms. The van der Waals surface area contributed by atoms with Crippen LogP contribution in [0, 0.1) is 0 Å². The zero-order valence-electron chi connectivity index (χ0n) is 14.4. The Bertz CT molecular complexity index is 963. The number of hydrogen-bond donors (Lipinski definition) is 3. The van der Waals surface area contributed by atoms with E-state index in [2.05, 4.69) is 10.3 Å². The predicted molar refractivity (Wildman–Crippen MR) is 99.5 cm³/mol. The summed E-state index contributed by atoms with van der Waals surface area (Å²) in [7, 11) is 1.59. The highest BCUT2D eigenvalue weighted by Crippen LogP contribution is 2.22. The Balaban J connectivity index is 1.91. The number of amides is 1. The van der Waals surface area contributed by atoms with Gasteiger partial charge in [-0.3, -0.25) is 9.59 Å². The largest absolute Gasteiger partial charge is 0.497 e. The Morgan fingerprint density at radius 1 is 1.15 bits per heavy atom. The van der Waals surface area contributed by atoms with Crippen molar-refractivity contribution in [2.24, 2.45) is 0 Å². The number of aromatic amines is 1. The smallest absolute Gasteiger partial charge is 0.255 e. The van der Waals surface area contributed by atoms with E-state index >= 15 is 0 Å². The van der Waals surface area contributed by atoms with Crippen molar-refractivity contribution in [1.82, 2.24) is 10.3 Å². The van der Waals surface area contributed by atoms with Crippen molar-refractivity contribution in [1.29, 1.82) is 0 Å². The summed E-state index contributed by atoms with van der Waals surface area (Å²) in [5, 5.41) is 13.4. The Morgan fingerprint density at radius 3 is 2.50 bits per heavy atom. The van der Waals surface area contributed by atoms with Crippen molar-refractivity contribution >= 4 is 16.7 Å². The molecule has 26 heavy (non-hydrogen) atoms. The standard InChI is InChI=1S/C20H20N2O4/c1-26-14-8-6-13(7-9-14)18(10-11-23)22-20(25)17-12-21-19(24)16-5-3-2-4-15(16)17/h2-9,12,18,23H,10-11H2,1H3,(H,21,24)(H,22,25). The molecule has 0 aliphatic carbocycles. The lowest BCUT2D eigenvalue weighted by molar-refractivity contribution is 0.0931. The van der Waals surface area contributed by atoms with Crippen LogP contribution in [0.2, 0.25) is 0 Å². The number of ether oxygens (including phenoxy) is 1. The number of methoxy groups -OCH3 is 1. The van der Waals surface area contributed by atoms with Gasteiger partial charge in [-0.2, -0.15) is 0 Å². The van der Waals surface area contributed by atoms with E-state index < -0.39 is 0 Å². The Labute approximate surface area is 150 Å². The molecular formula is C20H20N2O4. The SMILES string of the molecule is COc1ccc(C(CCO)NC(=O)c2c[nH]c(=O)c3ccccc23)cc1. The molecule has 1 atom stereocenters. The van der Waals surface area contributed by atoms with Crippen molar-refractivity contribution in [2.75, 3.05) is 13.7 Å². The zero-order chi connectivity index (χ0) is 18.5. The molecular weight excluding hydrogens is 332 g/mol. The monoisotopic (exact) mass is 352 g/mol. The summed E-state index contributed by atoms with van der Waals surface area (Å²) in [6.45, 7) is -0.0661. The first-order valence-corrected chi connectivity index (χ1v) is 8.30. The lowest BCUT2D eigenvalue weighted by Crippen LogP contribution is -2.30. The fourth-order valence-electron chi connectivity index (χ4n) is 2.92. The van der Waals surface area contributed by atoms with E-state index in [4.69, 9.17) is 4.74 Å². The van der Waals surface area contributed by atoms with Gasteiger partial charge in [0, 0.05) is 23.6 Å². The summed E-state index contributed by atoms with van der Waals surface area (Å²) in [4.78, 5) is 27.3. The van der Waals surface area contributed by atoms with Crippen molar-refractivity contribution < 1.29 is 14.6 Å². The van der Waals surface area contributed by atoms with Crippen molar-refractivity contribution in [3.63, 3.8) is 0 Å². The molecule has 3 N–H and O–H groups in total. The van der Waals surface area contributed by atoms with Crippen molar-refractivity contribution in [2.45, 2.75) is 12.5 Å². The molecule has 3 aromatic rings. The summed E-state index contributed by atoms with van der Waals surface area (Å²) in [6.07, 6.45) is 1.80. The first kappa shape index (κ1) is 17.7. The molecule has 3 rings (SSSR count). The highest BCUT2D eigenvalue weighted by Gasteiger charge is 2.18. The van der Waals surface area contributed by atoms with E-state index in [9.17, 15) is 14.7 Å². The number of carbonyl (C=O) groups is 1. The molecule has 0 aliphatic rings. The molecule has 0 saturated carbocycles. The summed E-state index contributed by atoms with van der Waals surface area (Å²) < 4.78 is 5.15. The lowest BCUT2D eigenvalue weighted by atomic mass is 10.0. The van der Waals surface area contributed by atoms with Crippen molar-refractivity contribution in [3.05, 3.63) is 76.2 Å². The Hall–Kier alpha value is -3.12. The lowest BCUT2D eigenvalue weighted by Gasteiger charge is -2.19. The van der Waals surface area contributed by atoms with E-state index in [0.29, 0.717) is 22.8 Å². The first-order valence-electron chi connectivity index (χ1n) is 8.30. The molecule has 2 aromatic carbocycles. The number of fused-ring (bicyclic) bond motifs is 1. The van der Waals surface area contributed by atoms with Crippen LogP contribution in [-0.2, 0) is 0 Å². The quantitative estimate of drug-likeness (QED) is 0.635. The van der Waals surface area contributed by atoms with Gasteiger partial charge < -0.3 is 20.1 Å². The molecule has 1 amide bonds. The third kappa shape index (κ3) is 3.60. The third-order valence-electron chi connectivity index (χ3n) is 4.30. The molecule has 1 unspecified atom stereocenters. The van der Waals surface area contributed by atoms with E-state index in [1.165, 1.54) is 6.20 Å². The van der Waals surface area contributed by atoms with Crippen LogP contribution >= 0.6 is 0 Å². The number of aliphatic hydroxyl groups excluding tert-OH is 1. The highest BCUT2D eigenvalue weighted by molar-refractivity contribution is 6.06. The molecule has 1 heterocycles. The van der Waals surface area contributed by atoms with Crippen LogP contribution in [0.3, 0.4) is 0 Å². The average Bonchev–Trinajstić information content (AvgIpc) is 2.68. The molecule has 0 fully saturated rings. The molecule has 0 aliphatic heterocycles. The van der Waals surface area contributed by atoms with Crippen LogP contribution in [0.5, 0.6) is 5.75 Å². The fraction of sp³-hybridized carbons (Fsp3) is 0.200. The maximum atomic E-state index is 12.8. The van der Waals surface area contributed by atoms with Gasteiger partial charge in [0.05, 0.1) is 18.7 Å². The highest BCUT2D eigenvalue weighted by atomic mass is 16.5. The van der Waals surface area contributed by atoms with Gasteiger partial charge >= 0.3 is 0 Å². The number of H-pyrrole nitrogens is 1. The number of nitrogens with one attached hydrogen (secondary N) is 2. The van der Waals surface area contributed by atoms with E-state index in [1.54, 1.807) is 43.5 Å².